The van der Waals surface area contributed by atoms with E-state index in [-0.39, 0.29) is 5.91 Å². The molecule has 5 heteroatoms. The highest BCUT2D eigenvalue weighted by Crippen LogP contribution is 2.21. The minimum absolute atomic E-state index is 0.124. The summed E-state index contributed by atoms with van der Waals surface area (Å²) < 4.78 is 7.54. The molecule has 0 aliphatic rings. The second kappa shape index (κ2) is 8.34. The monoisotopic (exact) mass is 349 g/mol. The molecule has 0 N–H and O–H groups in total. The standard InChI is InChI=1S/C21H23N3O2/c1-23(21(25)13-10-18-14-22-24(2)16-18)15-17-8-11-20(12-9-17)26-19-6-4-3-5-7-19/h3-9,11-12,14,16H,10,13,15H2,1-2H3. The van der Waals surface area contributed by atoms with Gasteiger partial charge in [0.25, 0.3) is 0 Å². The topological polar surface area (TPSA) is 47.4 Å². The van der Waals surface area contributed by atoms with Crippen molar-refractivity contribution in [3.63, 3.8) is 0 Å². The summed E-state index contributed by atoms with van der Waals surface area (Å²) >= 11 is 0. The van der Waals surface area contributed by atoms with Gasteiger partial charge in [-0.15, -0.1) is 0 Å². The van der Waals surface area contributed by atoms with E-state index in [0.717, 1.165) is 22.6 Å². The van der Waals surface area contributed by atoms with Crippen molar-refractivity contribution in [1.29, 1.82) is 0 Å². The Morgan fingerprint density at radius 2 is 1.73 bits per heavy atom. The quantitative estimate of drug-likeness (QED) is 0.652. The molecule has 0 saturated heterocycles. The van der Waals surface area contributed by atoms with Gasteiger partial charge in [0.1, 0.15) is 11.5 Å². The molecule has 134 valence electrons. The zero-order valence-corrected chi connectivity index (χ0v) is 15.1. The first kappa shape index (κ1) is 17.7. The molecule has 0 fully saturated rings. The van der Waals surface area contributed by atoms with Crippen LogP contribution in [0.15, 0.2) is 67.0 Å². The minimum atomic E-state index is 0.124. The number of hydrogen-bond acceptors (Lipinski definition) is 3. The van der Waals surface area contributed by atoms with Crippen LogP contribution in [0, 0.1) is 0 Å². The Bertz CT molecular complexity index is 841. The number of aromatic nitrogens is 2. The van der Waals surface area contributed by atoms with Crippen LogP contribution >= 0.6 is 0 Å². The van der Waals surface area contributed by atoms with E-state index in [1.807, 2.05) is 74.9 Å². The van der Waals surface area contributed by atoms with E-state index in [4.69, 9.17) is 4.74 Å². The Hall–Kier alpha value is -3.08. The van der Waals surface area contributed by atoms with Gasteiger partial charge in [-0.1, -0.05) is 30.3 Å². The molecule has 1 amide bonds. The highest BCUT2D eigenvalue weighted by molar-refractivity contribution is 5.76. The molecule has 0 spiro atoms. The number of para-hydroxylation sites is 1. The van der Waals surface area contributed by atoms with Crippen LogP contribution in [0.25, 0.3) is 0 Å². The van der Waals surface area contributed by atoms with Crippen molar-refractivity contribution in [3.05, 3.63) is 78.1 Å². The molecular weight excluding hydrogens is 326 g/mol. The lowest BCUT2D eigenvalue weighted by Gasteiger charge is -2.17. The Morgan fingerprint density at radius 3 is 2.38 bits per heavy atom. The summed E-state index contributed by atoms with van der Waals surface area (Å²) in [5.74, 6) is 1.71. The van der Waals surface area contributed by atoms with Gasteiger partial charge in [-0.2, -0.15) is 5.10 Å². The summed E-state index contributed by atoms with van der Waals surface area (Å²) in [6.07, 6.45) is 4.94. The summed E-state index contributed by atoms with van der Waals surface area (Å²) in [5, 5.41) is 4.13. The summed E-state index contributed by atoms with van der Waals surface area (Å²) in [6, 6.07) is 17.5. The van der Waals surface area contributed by atoms with Crippen molar-refractivity contribution in [3.8, 4) is 11.5 Å². The van der Waals surface area contributed by atoms with E-state index in [0.29, 0.717) is 19.4 Å². The fourth-order valence-electron chi connectivity index (χ4n) is 2.69. The fourth-order valence-corrected chi connectivity index (χ4v) is 2.69. The van der Waals surface area contributed by atoms with E-state index in [1.165, 1.54) is 0 Å². The highest BCUT2D eigenvalue weighted by Gasteiger charge is 2.10. The zero-order valence-electron chi connectivity index (χ0n) is 15.1. The predicted molar refractivity (Wildman–Crippen MR) is 101 cm³/mol. The number of amides is 1. The average molecular weight is 349 g/mol. The number of ether oxygens (including phenoxy) is 1. The molecule has 2 aromatic carbocycles. The van der Waals surface area contributed by atoms with Gasteiger partial charge in [-0.05, 0) is 41.8 Å². The zero-order chi connectivity index (χ0) is 18.4. The van der Waals surface area contributed by atoms with Crippen molar-refractivity contribution in [2.75, 3.05) is 7.05 Å². The molecule has 0 bridgehead atoms. The lowest BCUT2D eigenvalue weighted by molar-refractivity contribution is -0.130. The van der Waals surface area contributed by atoms with Gasteiger partial charge in [0, 0.05) is 33.3 Å². The number of rotatable bonds is 7. The molecule has 0 aliphatic carbocycles. The van der Waals surface area contributed by atoms with Crippen LogP contribution in [0.4, 0.5) is 0 Å². The van der Waals surface area contributed by atoms with E-state index in [2.05, 4.69) is 5.10 Å². The maximum absolute atomic E-state index is 12.3. The molecule has 0 aliphatic heterocycles. The second-order valence-electron chi connectivity index (χ2n) is 6.33. The Balaban J connectivity index is 1.50. The number of aryl methyl sites for hydroxylation is 2. The SMILES string of the molecule is CN(Cc1ccc(Oc2ccccc2)cc1)C(=O)CCc1cnn(C)c1. The van der Waals surface area contributed by atoms with Gasteiger partial charge in [0.15, 0.2) is 0 Å². The van der Waals surface area contributed by atoms with Gasteiger partial charge in [-0.3, -0.25) is 9.48 Å². The molecule has 3 aromatic rings. The van der Waals surface area contributed by atoms with Crippen LogP contribution in [0.5, 0.6) is 11.5 Å². The number of hydrogen-bond donors (Lipinski definition) is 0. The van der Waals surface area contributed by atoms with Crippen molar-refractivity contribution >= 4 is 5.91 Å². The first-order valence-electron chi connectivity index (χ1n) is 8.63. The normalized spacial score (nSPS) is 10.5. The van der Waals surface area contributed by atoms with Gasteiger partial charge >= 0.3 is 0 Å². The van der Waals surface area contributed by atoms with Gasteiger partial charge in [0.2, 0.25) is 5.91 Å². The molecule has 0 saturated carbocycles. The largest absolute Gasteiger partial charge is 0.457 e. The van der Waals surface area contributed by atoms with Crippen LogP contribution in [-0.2, 0) is 24.8 Å². The van der Waals surface area contributed by atoms with Crippen molar-refractivity contribution in [1.82, 2.24) is 14.7 Å². The second-order valence-corrected chi connectivity index (χ2v) is 6.33. The Morgan fingerprint density at radius 1 is 1.04 bits per heavy atom. The third kappa shape index (κ3) is 4.96. The molecular formula is C21H23N3O2. The minimum Gasteiger partial charge on any atom is -0.457 e. The predicted octanol–water partition coefficient (Wildman–Crippen LogP) is 3.80. The molecule has 5 nitrogen and oxygen atoms in total. The third-order valence-electron chi connectivity index (χ3n) is 4.13. The lowest BCUT2D eigenvalue weighted by Crippen LogP contribution is -2.26. The van der Waals surface area contributed by atoms with Gasteiger partial charge in [-0.25, -0.2) is 0 Å². The number of benzene rings is 2. The summed E-state index contributed by atoms with van der Waals surface area (Å²) in [5.41, 5.74) is 2.15. The Kier molecular flexibility index (Phi) is 5.69. The molecule has 1 aromatic heterocycles. The number of carbonyl (C=O) groups excluding carboxylic acids is 1. The summed E-state index contributed by atoms with van der Waals surface area (Å²) in [4.78, 5) is 14.1. The summed E-state index contributed by atoms with van der Waals surface area (Å²) in [6.45, 7) is 0.581. The highest BCUT2D eigenvalue weighted by atomic mass is 16.5. The maximum atomic E-state index is 12.3. The number of carbonyl (C=O) groups is 1. The average Bonchev–Trinajstić information content (AvgIpc) is 3.07. The molecule has 3 rings (SSSR count). The van der Waals surface area contributed by atoms with Gasteiger partial charge < -0.3 is 9.64 Å². The smallest absolute Gasteiger partial charge is 0.222 e. The van der Waals surface area contributed by atoms with E-state index < -0.39 is 0 Å². The van der Waals surface area contributed by atoms with Crippen molar-refractivity contribution in [2.45, 2.75) is 19.4 Å². The number of nitrogens with zero attached hydrogens (tertiary/aromatic N) is 3. The molecule has 1 heterocycles. The van der Waals surface area contributed by atoms with Crippen LogP contribution in [0.3, 0.4) is 0 Å². The van der Waals surface area contributed by atoms with Gasteiger partial charge in [0.05, 0.1) is 6.20 Å². The first-order chi connectivity index (χ1) is 12.6. The van der Waals surface area contributed by atoms with Crippen LogP contribution in [-0.4, -0.2) is 27.6 Å². The van der Waals surface area contributed by atoms with Crippen LogP contribution < -0.4 is 4.74 Å². The third-order valence-corrected chi connectivity index (χ3v) is 4.13. The molecule has 0 radical (unpaired) electrons. The first-order valence-corrected chi connectivity index (χ1v) is 8.63. The van der Waals surface area contributed by atoms with Crippen LogP contribution in [0.1, 0.15) is 17.5 Å². The van der Waals surface area contributed by atoms with Crippen molar-refractivity contribution < 1.29 is 9.53 Å². The molecule has 0 unspecified atom stereocenters. The lowest BCUT2D eigenvalue weighted by atomic mass is 10.1. The molecule has 0 atom stereocenters. The summed E-state index contributed by atoms with van der Waals surface area (Å²) in [7, 11) is 3.71. The maximum Gasteiger partial charge on any atom is 0.222 e. The van der Waals surface area contributed by atoms with Crippen molar-refractivity contribution in [2.24, 2.45) is 7.05 Å². The molecule has 26 heavy (non-hydrogen) atoms. The van der Waals surface area contributed by atoms with E-state index >= 15 is 0 Å². The van der Waals surface area contributed by atoms with Crippen LogP contribution in [0.2, 0.25) is 0 Å². The Labute approximate surface area is 153 Å². The van der Waals surface area contributed by atoms with E-state index in [1.54, 1.807) is 15.8 Å². The van der Waals surface area contributed by atoms with E-state index in [9.17, 15) is 4.79 Å². The fraction of sp³-hybridized carbons (Fsp3) is 0.238.